The fourth-order valence-corrected chi connectivity index (χ4v) is 11.0. The van der Waals surface area contributed by atoms with Crippen LogP contribution in [0.25, 0.3) is 133 Å². The van der Waals surface area contributed by atoms with Crippen LogP contribution in [0.2, 0.25) is 0 Å². The summed E-state index contributed by atoms with van der Waals surface area (Å²) in [5.41, 5.74) is 9.58. The number of hydrogen-bond acceptors (Lipinski definition) is 2. The number of benzene rings is 10. The van der Waals surface area contributed by atoms with Crippen molar-refractivity contribution in [1.29, 1.82) is 0 Å². The van der Waals surface area contributed by atoms with E-state index in [9.17, 15) is 5.48 Å². The molecule has 0 spiro atoms. The standard InChI is InChI=1S/C64H40N6/c1-9-30-52-44(21-1)45-22-2-10-31-53(45)67(52)42-20-17-19-41(39-42)43-29-18-38-60(68-54-32-11-3-23-46(54)47-24-4-12-33-55(47)68)63(43)64-65-61(69-56-34-13-5-25-48(56)49-26-6-14-35-57(49)69)40-62(66-64)70-58-36-15-7-27-50(58)51-28-8-16-37-59(51)70/h1-40H/i5D,7D,13D,15D,25D,27D,34D,36D. The lowest BCUT2D eigenvalue weighted by molar-refractivity contribution is 0.991. The molecule has 0 saturated carbocycles. The summed E-state index contributed by atoms with van der Waals surface area (Å²) in [6, 6.07) is 62.3. The van der Waals surface area contributed by atoms with Crippen LogP contribution in [0.15, 0.2) is 242 Å². The smallest absolute Gasteiger partial charge is 0.166 e. The quantitative estimate of drug-likeness (QED) is 0.167. The average Bonchev–Trinajstić information content (AvgIpc) is 4.39. The van der Waals surface area contributed by atoms with Gasteiger partial charge in [-0.2, -0.15) is 0 Å². The molecule has 5 heterocycles. The molecule has 70 heavy (non-hydrogen) atoms. The third-order valence-corrected chi connectivity index (χ3v) is 13.9. The zero-order valence-electron chi connectivity index (χ0n) is 45.2. The van der Waals surface area contributed by atoms with Crippen LogP contribution in [-0.2, 0) is 0 Å². The van der Waals surface area contributed by atoms with Crippen LogP contribution in [0.3, 0.4) is 0 Å². The van der Waals surface area contributed by atoms with E-state index >= 15 is 0 Å². The largest absolute Gasteiger partial charge is 0.309 e. The van der Waals surface area contributed by atoms with Crippen molar-refractivity contribution in [2.45, 2.75) is 0 Å². The van der Waals surface area contributed by atoms with E-state index in [0.29, 0.717) is 38.1 Å². The van der Waals surface area contributed by atoms with Crippen molar-refractivity contribution in [3.63, 3.8) is 0 Å². The Labute approximate surface area is 413 Å². The molecule has 5 aromatic heterocycles. The van der Waals surface area contributed by atoms with Crippen molar-refractivity contribution < 1.29 is 11.0 Å². The number of para-hydroxylation sites is 8. The van der Waals surface area contributed by atoms with Gasteiger partial charge in [0.1, 0.15) is 11.6 Å². The van der Waals surface area contributed by atoms with Crippen molar-refractivity contribution in [3.05, 3.63) is 242 Å². The van der Waals surface area contributed by atoms with E-state index in [1.54, 1.807) is 15.2 Å². The Morgan fingerprint density at radius 1 is 0.314 bits per heavy atom. The molecule has 0 saturated heterocycles. The lowest BCUT2D eigenvalue weighted by Gasteiger charge is -2.20. The van der Waals surface area contributed by atoms with E-state index < -0.39 is 12.1 Å². The highest BCUT2D eigenvalue weighted by atomic mass is 15.2. The second-order valence-electron chi connectivity index (χ2n) is 17.5. The number of nitrogens with zero attached hydrogens (tertiary/aromatic N) is 6. The molecule has 0 radical (unpaired) electrons. The van der Waals surface area contributed by atoms with Crippen molar-refractivity contribution in [2.75, 3.05) is 0 Å². The highest BCUT2D eigenvalue weighted by Gasteiger charge is 2.25. The summed E-state index contributed by atoms with van der Waals surface area (Å²) in [7, 11) is 0. The molecule has 0 amide bonds. The van der Waals surface area contributed by atoms with Crippen LogP contribution >= 0.6 is 0 Å². The maximum absolute atomic E-state index is 9.53. The van der Waals surface area contributed by atoms with Gasteiger partial charge in [-0.1, -0.05) is 170 Å². The zero-order valence-corrected chi connectivity index (χ0v) is 37.2. The summed E-state index contributed by atoms with van der Waals surface area (Å²) in [5.74, 6) is 0.774. The summed E-state index contributed by atoms with van der Waals surface area (Å²) in [6.45, 7) is 0. The minimum atomic E-state index is -0.397. The van der Waals surface area contributed by atoms with Crippen LogP contribution in [0.4, 0.5) is 0 Å². The lowest BCUT2D eigenvalue weighted by Crippen LogP contribution is -2.08. The minimum absolute atomic E-state index is 0.184. The third kappa shape index (κ3) is 5.56. The Kier molecular flexibility index (Phi) is 6.74. The lowest BCUT2D eigenvalue weighted by atomic mass is 9.96. The first kappa shape index (κ1) is 31.5. The Morgan fingerprint density at radius 2 is 0.714 bits per heavy atom. The van der Waals surface area contributed by atoms with Crippen LogP contribution in [-0.4, -0.2) is 28.2 Å². The van der Waals surface area contributed by atoms with Gasteiger partial charge >= 0.3 is 0 Å². The fourth-order valence-electron chi connectivity index (χ4n) is 11.0. The molecule has 6 heteroatoms. The molecule has 0 fully saturated rings. The number of aromatic nitrogens is 6. The number of rotatable bonds is 6. The predicted octanol–water partition coefficient (Wildman–Crippen LogP) is 16.2. The van der Waals surface area contributed by atoms with Gasteiger partial charge in [0.2, 0.25) is 0 Å². The number of fused-ring (bicyclic) bond motifs is 12. The van der Waals surface area contributed by atoms with E-state index in [0.717, 1.165) is 66.1 Å². The summed E-state index contributed by atoms with van der Waals surface area (Å²) < 4.78 is 81.3. The van der Waals surface area contributed by atoms with Crippen molar-refractivity contribution in [3.8, 4) is 45.5 Å². The van der Waals surface area contributed by atoms with Crippen LogP contribution < -0.4 is 0 Å². The van der Waals surface area contributed by atoms with Gasteiger partial charge in [-0.25, -0.2) is 9.97 Å². The summed E-state index contributed by atoms with van der Waals surface area (Å²) >= 11 is 0. The minimum Gasteiger partial charge on any atom is -0.309 e. The van der Waals surface area contributed by atoms with Gasteiger partial charge in [0.05, 0.1) is 66.4 Å². The van der Waals surface area contributed by atoms with Gasteiger partial charge in [-0.3, -0.25) is 9.13 Å². The Hall–Kier alpha value is -9.52. The van der Waals surface area contributed by atoms with Crippen LogP contribution in [0, 0.1) is 0 Å². The van der Waals surface area contributed by atoms with Gasteiger partial charge < -0.3 is 9.13 Å². The maximum Gasteiger partial charge on any atom is 0.166 e. The maximum atomic E-state index is 9.53. The molecular weight excluding hydrogens is 853 g/mol. The van der Waals surface area contributed by atoms with Gasteiger partial charge in [-0.15, -0.1) is 0 Å². The van der Waals surface area contributed by atoms with Gasteiger partial charge in [0.15, 0.2) is 5.82 Å². The van der Waals surface area contributed by atoms with Crippen molar-refractivity contribution >= 4 is 87.2 Å². The molecule has 6 nitrogen and oxygen atoms in total. The van der Waals surface area contributed by atoms with E-state index in [-0.39, 0.29) is 64.7 Å². The van der Waals surface area contributed by atoms with Crippen LogP contribution in [0.5, 0.6) is 0 Å². The monoisotopic (exact) mass is 900 g/mol. The summed E-state index contributed by atoms with van der Waals surface area (Å²) in [4.78, 5) is 11.2. The third-order valence-electron chi connectivity index (χ3n) is 13.9. The molecule has 15 rings (SSSR count). The molecule has 0 aliphatic rings. The molecule has 0 aliphatic carbocycles. The Bertz CT molecular complexity index is 4840. The molecule has 0 unspecified atom stereocenters. The summed E-state index contributed by atoms with van der Waals surface area (Å²) in [6.07, 6.45) is 0. The molecule has 0 atom stereocenters. The average molecular weight is 901 g/mol. The first-order chi connectivity index (χ1) is 38.1. The first-order valence-electron chi connectivity index (χ1n) is 27.2. The van der Waals surface area contributed by atoms with E-state index in [1.165, 1.54) is 0 Å². The molecular formula is C64H40N6. The topological polar surface area (TPSA) is 45.5 Å². The van der Waals surface area contributed by atoms with E-state index in [4.69, 9.17) is 15.5 Å². The van der Waals surface area contributed by atoms with Crippen molar-refractivity contribution in [1.82, 2.24) is 28.2 Å². The number of hydrogen-bond donors (Lipinski definition) is 0. The molecule has 326 valence electrons. The Balaban J connectivity index is 1.12. The highest BCUT2D eigenvalue weighted by Crippen LogP contribution is 2.43. The predicted molar refractivity (Wildman–Crippen MR) is 290 cm³/mol. The SMILES string of the molecule is [2H]c1c([2H])c([2H])c2c(c1[2H])c1ccccc1n2-c1cc(-n2c3ccccc3c3c([2H])c([2H])c([2H])c([2H])c32)nc(-c2c(-c3cccc(-n4c5ccccc5c5ccccc54)c3)cccc2-n2c3ccccc3c3ccccc32)n1. The van der Waals surface area contributed by atoms with E-state index in [2.05, 4.69) is 118 Å². The Morgan fingerprint density at radius 3 is 1.20 bits per heavy atom. The van der Waals surface area contributed by atoms with Gasteiger partial charge in [0, 0.05) is 54.8 Å². The van der Waals surface area contributed by atoms with Crippen molar-refractivity contribution in [2.24, 2.45) is 0 Å². The second kappa shape index (κ2) is 15.0. The molecule has 0 N–H and O–H groups in total. The summed E-state index contributed by atoms with van der Waals surface area (Å²) in [5, 5.41) is 6.22. The molecule has 0 aliphatic heterocycles. The normalized spacial score (nSPS) is 13.6. The second-order valence-corrected chi connectivity index (χ2v) is 17.5. The van der Waals surface area contributed by atoms with Gasteiger partial charge in [0.25, 0.3) is 0 Å². The zero-order chi connectivity index (χ0) is 52.8. The fraction of sp³-hybridized carbons (Fsp3) is 0. The molecule has 15 aromatic rings. The molecule has 10 aromatic carbocycles. The van der Waals surface area contributed by atoms with Gasteiger partial charge in [-0.05, 0) is 77.8 Å². The van der Waals surface area contributed by atoms with E-state index in [1.807, 2.05) is 78.9 Å². The first-order valence-corrected chi connectivity index (χ1v) is 23.2. The van der Waals surface area contributed by atoms with Crippen LogP contribution in [0.1, 0.15) is 11.0 Å². The highest BCUT2D eigenvalue weighted by molar-refractivity contribution is 6.13. The molecule has 0 bridgehead atoms.